The molecule has 0 radical (unpaired) electrons. The number of rotatable bonds is 0. The van der Waals surface area contributed by atoms with Gasteiger partial charge in [0.25, 0.3) is 0 Å². The summed E-state index contributed by atoms with van der Waals surface area (Å²) in [4.78, 5) is 0. The van der Waals surface area contributed by atoms with E-state index in [1.807, 2.05) is 18.2 Å². The van der Waals surface area contributed by atoms with Crippen LogP contribution in [0.2, 0.25) is 0 Å². The van der Waals surface area contributed by atoms with Crippen LogP contribution in [-0.4, -0.2) is 0 Å². The van der Waals surface area contributed by atoms with E-state index in [9.17, 15) is 0 Å². The SMILES string of the molecule is NC#Cc1ccccc1N. The minimum atomic E-state index is 0.667. The summed E-state index contributed by atoms with van der Waals surface area (Å²) in [5.74, 6) is 2.68. The fraction of sp³-hybridized carbons (Fsp3) is 0. The monoisotopic (exact) mass is 132 g/mol. The molecule has 2 heteroatoms. The third-order valence-corrected chi connectivity index (χ3v) is 1.17. The molecule has 0 fully saturated rings. The molecule has 50 valence electrons. The molecular formula is C8H8N2. The summed E-state index contributed by atoms with van der Waals surface area (Å²) in [5.41, 5.74) is 12.0. The van der Waals surface area contributed by atoms with Gasteiger partial charge in [-0.05, 0) is 18.1 Å². The largest absolute Gasteiger partial charge is 0.398 e. The third kappa shape index (κ3) is 1.20. The lowest BCUT2D eigenvalue weighted by molar-refractivity contribution is 1.62. The molecule has 0 aliphatic carbocycles. The van der Waals surface area contributed by atoms with Crippen LogP contribution in [0, 0.1) is 12.0 Å². The van der Waals surface area contributed by atoms with E-state index in [2.05, 4.69) is 12.0 Å². The van der Waals surface area contributed by atoms with E-state index in [1.54, 1.807) is 6.07 Å². The fourth-order valence-electron chi connectivity index (χ4n) is 0.689. The van der Waals surface area contributed by atoms with Gasteiger partial charge in [-0.15, -0.1) is 0 Å². The molecule has 1 aromatic carbocycles. The Morgan fingerprint density at radius 2 is 1.90 bits per heavy atom. The Labute approximate surface area is 59.8 Å². The van der Waals surface area contributed by atoms with Gasteiger partial charge in [0, 0.05) is 17.3 Å². The molecule has 0 amide bonds. The number of hydrogen-bond donors (Lipinski definition) is 2. The zero-order chi connectivity index (χ0) is 7.40. The number of anilines is 1. The van der Waals surface area contributed by atoms with Crippen molar-refractivity contribution in [3.63, 3.8) is 0 Å². The average Bonchev–Trinajstić information content (AvgIpc) is 1.94. The minimum absolute atomic E-state index is 0.667. The second kappa shape index (κ2) is 2.79. The highest BCUT2D eigenvalue weighted by Gasteiger charge is 1.89. The van der Waals surface area contributed by atoms with Gasteiger partial charge in [-0.2, -0.15) is 0 Å². The Kier molecular flexibility index (Phi) is 1.81. The van der Waals surface area contributed by atoms with Crippen molar-refractivity contribution in [3.05, 3.63) is 29.8 Å². The smallest absolute Gasteiger partial charge is 0.0493 e. The first-order valence-corrected chi connectivity index (χ1v) is 2.90. The number of nitrogen functional groups attached to an aromatic ring is 1. The Balaban J connectivity index is 3.11. The highest BCUT2D eigenvalue weighted by Crippen LogP contribution is 2.07. The van der Waals surface area contributed by atoms with Gasteiger partial charge < -0.3 is 11.5 Å². The van der Waals surface area contributed by atoms with Crippen molar-refractivity contribution < 1.29 is 0 Å². The van der Waals surface area contributed by atoms with Crippen LogP contribution in [0.3, 0.4) is 0 Å². The second-order valence-corrected chi connectivity index (χ2v) is 1.86. The van der Waals surface area contributed by atoms with E-state index < -0.39 is 0 Å². The summed E-state index contributed by atoms with van der Waals surface area (Å²) >= 11 is 0. The van der Waals surface area contributed by atoms with E-state index in [0.29, 0.717) is 5.69 Å². The number of para-hydroxylation sites is 1. The molecule has 0 heterocycles. The van der Waals surface area contributed by atoms with Crippen molar-refractivity contribution in [2.45, 2.75) is 0 Å². The molecule has 0 aliphatic heterocycles. The summed E-state index contributed by atoms with van der Waals surface area (Å²) in [6.07, 6.45) is 0. The summed E-state index contributed by atoms with van der Waals surface area (Å²) in [5, 5.41) is 0. The molecule has 0 saturated heterocycles. The Hall–Kier alpha value is -1.62. The Morgan fingerprint density at radius 3 is 2.50 bits per heavy atom. The normalized spacial score (nSPS) is 8.00. The quantitative estimate of drug-likeness (QED) is 0.307. The predicted molar refractivity (Wildman–Crippen MR) is 41.9 cm³/mol. The molecule has 0 aromatic heterocycles. The van der Waals surface area contributed by atoms with Crippen molar-refractivity contribution in [1.82, 2.24) is 0 Å². The maximum Gasteiger partial charge on any atom is 0.0493 e. The molecule has 0 saturated carbocycles. The van der Waals surface area contributed by atoms with Crippen LogP contribution in [0.5, 0.6) is 0 Å². The van der Waals surface area contributed by atoms with Gasteiger partial charge in [0.15, 0.2) is 0 Å². The summed E-state index contributed by atoms with van der Waals surface area (Å²) in [6, 6.07) is 9.64. The third-order valence-electron chi connectivity index (χ3n) is 1.17. The van der Waals surface area contributed by atoms with Crippen LogP contribution >= 0.6 is 0 Å². The summed E-state index contributed by atoms with van der Waals surface area (Å²) in [7, 11) is 0. The Bertz CT molecular complexity index is 281. The maximum atomic E-state index is 5.55. The minimum Gasteiger partial charge on any atom is -0.398 e. The first-order chi connectivity index (χ1) is 4.84. The lowest BCUT2D eigenvalue weighted by atomic mass is 10.2. The van der Waals surface area contributed by atoms with Gasteiger partial charge in [-0.1, -0.05) is 12.1 Å². The lowest BCUT2D eigenvalue weighted by Gasteiger charge is -1.93. The average molecular weight is 132 g/mol. The van der Waals surface area contributed by atoms with Gasteiger partial charge >= 0.3 is 0 Å². The van der Waals surface area contributed by atoms with E-state index in [1.165, 1.54) is 0 Å². The van der Waals surface area contributed by atoms with Crippen molar-refractivity contribution >= 4 is 5.69 Å². The van der Waals surface area contributed by atoms with Crippen molar-refractivity contribution in [3.8, 4) is 12.0 Å². The fourth-order valence-corrected chi connectivity index (χ4v) is 0.689. The van der Waals surface area contributed by atoms with Gasteiger partial charge in [0.1, 0.15) is 0 Å². The molecule has 2 nitrogen and oxygen atoms in total. The van der Waals surface area contributed by atoms with Crippen LogP contribution in [0.4, 0.5) is 5.69 Å². The molecule has 1 rings (SSSR count). The van der Waals surface area contributed by atoms with Crippen LogP contribution in [0.25, 0.3) is 0 Å². The van der Waals surface area contributed by atoms with Crippen LogP contribution in [0.1, 0.15) is 5.56 Å². The van der Waals surface area contributed by atoms with Gasteiger partial charge in [0.2, 0.25) is 0 Å². The van der Waals surface area contributed by atoms with Crippen molar-refractivity contribution in [2.75, 3.05) is 5.73 Å². The summed E-state index contributed by atoms with van der Waals surface area (Å²) in [6.45, 7) is 0. The number of benzene rings is 1. The van der Waals surface area contributed by atoms with E-state index in [0.717, 1.165) is 5.56 Å². The van der Waals surface area contributed by atoms with Gasteiger partial charge in [-0.25, -0.2) is 0 Å². The Morgan fingerprint density at radius 1 is 1.20 bits per heavy atom. The van der Waals surface area contributed by atoms with Gasteiger partial charge in [0.05, 0.1) is 0 Å². The first-order valence-electron chi connectivity index (χ1n) is 2.90. The molecular weight excluding hydrogens is 124 g/mol. The van der Waals surface area contributed by atoms with Crippen LogP contribution < -0.4 is 11.5 Å². The topological polar surface area (TPSA) is 52.0 Å². The standard InChI is InChI=1S/C8H8N2/c9-6-5-7-3-1-2-4-8(7)10/h1-4H,9-10H2. The van der Waals surface area contributed by atoms with E-state index >= 15 is 0 Å². The van der Waals surface area contributed by atoms with Crippen LogP contribution in [-0.2, 0) is 0 Å². The first kappa shape index (κ1) is 6.50. The lowest BCUT2D eigenvalue weighted by Crippen LogP contribution is -1.89. The maximum absolute atomic E-state index is 5.55. The molecule has 0 bridgehead atoms. The summed E-state index contributed by atoms with van der Waals surface area (Å²) < 4.78 is 0. The highest BCUT2D eigenvalue weighted by atomic mass is 14.6. The number of nitrogens with two attached hydrogens (primary N) is 2. The number of hydrogen-bond acceptors (Lipinski definition) is 2. The van der Waals surface area contributed by atoms with Crippen molar-refractivity contribution in [2.24, 2.45) is 5.73 Å². The van der Waals surface area contributed by atoms with E-state index in [-0.39, 0.29) is 0 Å². The second-order valence-electron chi connectivity index (χ2n) is 1.86. The van der Waals surface area contributed by atoms with Crippen molar-refractivity contribution in [1.29, 1.82) is 0 Å². The molecule has 4 N–H and O–H groups in total. The molecule has 10 heavy (non-hydrogen) atoms. The zero-order valence-corrected chi connectivity index (χ0v) is 5.46. The zero-order valence-electron chi connectivity index (χ0n) is 5.46. The van der Waals surface area contributed by atoms with Gasteiger partial charge in [-0.3, -0.25) is 0 Å². The molecule has 0 spiro atoms. The van der Waals surface area contributed by atoms with Crippen LogP contribution in [0.15, 0.2) is 24.3 Å². The molecule has 0 atom stereocenters. The molecule has 0 aliphatic rings. The van der Waals surface area contributed by atoms with E-state index in [4.69, 9.17) is 11.5 Å². The molecule has 1 aromatic rings. The highest BCUT2D eigenvalue weighted by molar-refractivity contribution is 5.55. The molecule has 0 unspecified atom stereocenters. The predicted octanol–water partition coefficient (Wildman–Crippen LogP) is 0.537.